The van der Waals surface area contributed by atoms with Gasteiger partial charge in [0, 0.05) is 5.56 Å². The summed E-state index contributed by atoms with van der Waals surface area (Å²) in [4.78, 5) is 0. The van der Waals surface area contributed by atoms with Crippen LogP contribution in [0.15, 0.2) is 76.2 Å². The molecule has 110 valence electrons. The van der Waals surface area contributed by atoms with Crippen molar-refractivity contribution in [2.75, 3.05) is 12.5 Å². The zero-order valence-electron chi connectivity index (χ0n) is 12.2. The molecule has 4 heteroatoms. The van der Waals surface area contributed by atoms with Crippen molar-refractivity contribution in [3.63, 3.8) is 0 Å². The number of hydrogen-bond acceptors (Lipinski definition) is 4. The molecule has 0 radical (unpaired) electrons. The standard InChI is InChI=1S/C18H16N2O2/c1-21-16-9-7-14(8-10-16)18-12-11-17(22-18)13-19-20-15-5-3-2-4-6-15/h2-13,20H,1H3. The first-order valence-electron chi connectivity index (χ1n) is 6.93. The van der Waals surface area contributed by atoms with Crippen LogP contribution in [0.25, 0.3) is 11.3 Å². The van der Waals surface area contributed by atoms with Crippen LogP contribution in [-0.2, 0) is 0 Å². The van der Waals surface area contributed by atoms with Gasteiger partial charge in [-0.3, -0.25) is 5.43 Å². The molecule has 22 heavy (non-hydrogen) atoms. The quantitative estimate of drug-likeness (QED) is 0.560. The number of methoxy groups -OCH3 is 1. The van der Waals surface area contributed by atoms with Crippen LogP contribution in [0.2, 0.25) is 0 Å². The summed E-state index contributed by atoms with van der Waals surface area (Å²) < 4.78 is 10.9. The third-order valence-electron chi connectivity index (χ3n) is 3.16. The van der Waals surface area contributed by atoms with Crippen LogP contribution in [0.5, 0.6) is 5.75 Å². The molecule has 0 spiro atoms. The van der Waals surface area contributed by atoms with Crippen molar-refractivity contribution < 1.29 is 9.15 Å². The van der Waals surface area contributed by atoms with Crippen LogP contribution in [0.4, 0.5) is 5.69 Å². The topological polar surface area (TPSA) is 46.8 Å². The van der Waals surface area contributed by atoms with E-state index in [1.54, 1.807) is 13.3 Å². The molecule has 0 aliphatic heterocycles. The summed E-state index contributed by atoms with van der Waals surface area (Å²) >= 11 is 0. The molecule has 0 fully saturated rings. The van der Waals surface area contributed by atoms with Gasteiger partial charge in [-0.1, -0.05) is 18.2 Å². The Morgan fingerprint density at radius 3 is 2.45 bits per heavy atom. The summed E-state index contributed by atoms with van der Waals surface area (Å²) in [6.45, 7) is 0. The molecule has 0 aliphatic rings. The van der Waals surface area contributed by atoms with Gasteiger partial charge in [-0.2, -0.15) is 5.10 Å². The van der Waals surface area contributed by atoms with Crippen LogP contribution >= 0.6 is 0 Å². The van der Waals surface area contributed by atoms with Crippen molar-refractivity contribution in [1.29, 1.82) is 0 Å². The molecule has 1 heterocycles. The van der Waals surface area contributed by atoms with E-state index in [4.69, 9.17) is 9.15 Å². The fourth-order valence-electron chi connectivity index (χ4n) is 2.02. The Kier molecular flexibility index (Phi) is 4.20. The smallest absolute Gasteiger partial charge is 0.147 e. The SMILES string of the molecule is COc1ccc(-c2ccc(C=NNc3ccccc3)o2)cc1. The second-order valence-corrected chi connectivity index (χ2v) is 4.67. The highest BCUT2D eigenvalue weighted by Gasteiger charge is 2.03. The zero-order valence-corrected chi connectivity index (χ0v) is 12.2. The van der Waals surface area contributed by atoms with Crippen molar-refractivity contribution in [3.8, 4) is 17.1 Å². The van der Waals surface area contributed by atoms with E-state index < -0.39 is 0 Å². The number of furan rings is 1. The highest BCUT2D eigenvalue weighted by molar-refractivity contribution is 5.78. The first kappa shape index (κ1) is 13.9. The summed E-state index contributed by atoms with van der Waals surface area (Å²) in [6.07, 6.45) is 1.65. The molecule has 3 rings (SSSR count). The Morgan fingerprint density at radius 1 is 0.955 bits per heavy atom. The van der Waals surface area contributed by atoms with Crippen LogP contribution in [0.1, 0.15) is 5.76 Å². The molecular weight excluding hydrogens is 276 g/mol. The van der Waals surface area contributed by atoms with Gasteiger partial charge in [-0.25, -0.2) is 0 Å². The van der Waals surface area contributed by atoms with Crippen LogP contribution in [0, 0.1) is 0 Å². The van der Waals surface area contributed by atoms with Gasteiger partial charge >= 0.3 is 0 Å². The molecular formula is C18H16N2O2. The molecule has 2 aromatic carbocycles. The molecule has 0 saturated heterocycles. The number of hydrazone groups is 1. The Morgan fingerprint density at radius 2 is 1.73 bits per heavy atom. The van der Waals surface area contributed by atoms with Gasteiger partial charge in [0.1, 0.15) is 17.3 Å². The minimum atomic E-state index is 0.689. The van der Waals surface area contributed by atoms with Crippen LogP contribution in [0.3, 0.4) is 0 Å². The van der Waals surface area contributed by atoms with E-state index in [1.807, 2.05) is 66.7 Å². The molecule has 0 atom stereocenters. The maximum absolute atomic E-state index is 5.75. The van der Waals surface area contributed by atoms with Gasteiger partial charge in [-0.05, 0) is 48.5 Å². The fraction of sp³-hybridized carbons (Fsp3) is 0.0556. The van der Waals surface area contributed by atoms with Gasteiger partial charge in [-0.15, -0.1) is 0 Å². The molecule has 0 saturated carbocycles. The second kappa shape index (κ2) is 6.63. The number of hydrogen-bond donors (Lipinski definition) is 1. The summed E-state index contributed by atoms with van der Waals surface area (Å²) in [7, 11) is 1.65. The number of nitrogens with zero attached hydrogens (tertiary/aromatic N) is 1. The number of para-hydroxylation sites is 1. The molecule has 0 amide bonds. The summed E-state index contributed by atoms with van der Waals surface area (Å²) in [5.74, 6) is 2.31. The number of benzene rings is 2. The molecule has 1 aromatic heterocycles. The van der Waals surface area contributed by atoms with E-state index in [0.717, 1.165) is 22.8 Å². The van der Waals surface area contributed by atoms with Gasteiger partial charge in [0.2, 0.25) is 0 Å². The summed E-state index contributed by atoms with van der Waals surface area (Å²) in [6, 6.07) is 21.3. The molecule has 0 unspecified atom stereocenters. The lowest BCUT2D eigenvalue weighted by Gasteiger charge is -2.00. The highest BCUT2D eigenvalue weighted by Crippen LogP contribution is 2.23. The maximum atomic E-state index is 5.75. The average Bonchev–Trinajstić information content (AvgIpc) is 3.05. The monoisotopic (exact) mass is 292 g/mol. The normalized spacial score (nSPS) is 10.8. The Bertz CT molecular complexity index is 746. The predicted molar refractivity (Wildman–Crippen MR) is 88.4 cm³/mol. The van der Waals surface area contributed by atoms with E-state index in [2.05, 4.69) is 10.5 Å². The number of anilines is 1. The largest absolute Gasteiger partial charge is 0.497 e. The lowest BCUT2D eigenvalue weighted by Crippen LogP contribution is -1.88. The van der Waals surface area contributed by atoms with E-state index in [1.165, 1.54) is 0 Å². The summed E-state index contributed by atoms with van der Waals surface area (Å²) in [5, 5.41) is 4.16. The zero-order chi connectivity index (χ0) is 15.2. The lowest BCUT2D eigenvalue weighted by atomic mass is 10.2. The lowest BCUT2D eigenvalue weighted by molar-refractivity contribution is 0.415. The van der Waals surface area contributed by atoms with E-state index in [9.17, 15) is 0 Å². The van der Waals surface area contributed by atoms with Crippen molar-refractivity contribution in [2.24, 2.45) is 5.10 Å². The van der Waals surface area contributed by atoms with Crippen molar-refractivity contribution >= 4 is 11.9 Å². The Balaban J connectivity index is 1.68. The minimum absolute atomic E-state index is 0.689. The first-order valence-corrected chi connectivity index (χ1v) is 6.93. The van der Waals surface area contributed by atoms with Gasteiger partial charge in [0.15, 0.2) is 0 Å². The number of ether oxygens (including phenoxy) is 1. The highest BCUT2D eigenvalue weighted by atomic mass is 16.5. The fourth-order valence-corrected chi connectivity index (χ4v) is 2.02. The second-order valence-electron chi connectivity index (χ2n) is 4.67. The maximum Gasteiger partial charge on any atom is 0.147 e. The molecule has 1 N–H and O–H groups in total. The summed E-state index contributed by atoms with van der Waals surface area (Å²) in [5.41, 5.74) is 4.88. The Labute approximate surface area is 129 Å². The van der Waals surface area contributed by atoms with Crippen LogP contribution < -0.4 is 10.2 Å². The van der Waals surface area contributed by atoms with Gasteiger partial charge in [0.05, 0.1) is 19.0 Å². The molecule has 4 nitrogen and oxygen atoms in total. The van der Waals surface area contributed by atoms with E-state index >= 15 is 0 Å². The van der Waals surface area contributed by atoms with Gasteiger partial charge in [0.25, 0.3) is 0 Å². The molecule has 0 bridgehead atoms. The van der Waals surface area contributed by atoms with Crippen molar-refractivity contribution in [1.82, 2.24) is 0 Å². The third kappa shape index (κ3) is 3.35. The number of rotatable bonds is 5. The molecule has 0 aliphatic carbocycles. The van der Waals surface area contributed by atoms with Gasteiger partial charge < -0.3 is 9.15 Å². The average molecular weight is 292 g/mol. The minimum Gasteiger partial charge on any atom is -0.497 e. The predicted octanol–water partition coefficient (Wildman–Crippen LogP) is 4.40. The van der Waals surface area contributed by atoms with Crippen LogP contribution in [-0.4, -0.2) is 13.3 Å². The van der Waals surface area contributed by atoms with Crippen molar-refractivity contribution in [3.05, 3.63) is 72.5 Å². The Hall–Kier alpha value is -3.01. The third-order valence-corrected chi connectivity index (χ3v) is 3.16. The molecule has 3 aromatic rings. The van der Waals surface area contributed by atoms with E-state index in [0.29, 0.717) is 5.76 Å². The number of nitrogens with one attached hydrogen (secondary N) is 1. The first-order chi connectivity index (χ1) is 10.8. The van der Waals surface area contributed by atoms with E-state index in [-0.39, 0.29) is 0 Å². The van der Waals surface area contributed by atoms with Crippen molar-refractivity contribution in [2.45, 2.75) is 0 Å².